The summed E-state index contributed by atoms with van der Waals surface area (Å²) in [6.45, 7) is 1.69. The van der Waals surface area contributed by atoms with Crippen molar-refractivity contribution in [3.05, 3.63) is 28.5 Å². The summed E-state index contributed by atoms with van der Waals surface area (Å²) in [4.78, 5) is 10.6. The van der Waals surface area contributed by atoms with Crippen LogP contribution in [0.3, 0.4) is 0 Å². The molecule has 4 nitrogen and oxygen atoms in total. The molecule has 1 heterocycles. The molecule has 0 aliphatic rings. The summed E-state index contributed by atoms with van der Waals surface area (Å²) in [5.74, 6) is -0.718. The van der Waals surface area contributed by atoms with Crippen LogP contribution in [-0.4, -0.2) is 16.2 Å². The summed E-state index contributed by atoms with van der Waals surface area (Å²) < 4.78 is 5.35. The molecule has 1 aromatic carbocycles. The molecular formula is C11H9ClO4. The van der Waals surface area contributed by atoms with Gasteiger partial charge in [-0.1, -0.05) is 11.6 Å². The van der Waals surface area contributed by atoms with Crippen LogP contribution in [0.5, 0.6) is 5.75 Å². The molecule has 0 fully saturated rings. The quantitative estimate of drug-likeness (QED) is 0.847. The average molecular weight is 241 g/mol. The molecular weight excluding hydrogens is 232 g/mol. The van der Waals surface area contributed by atoms with Gasteiger partial charge >= 0.3 is 5.97 Å². The number of phenolic OH excluding ortho intramolecular Hbond substituents is 1. The Morgan fingerprint density at radius 1 is 1.50 bits per heavy atom. The molecule has 16 heavy (non-hydrogen) atoms. The summed E-state index contributed by atoms with van der Waals surface area (Å²) in [5.41, 5.74) is 1.05. The van der Waals surface area contributed by atoms with Crippen molar-refractivity contribution in [3.63, 3.8) is 0 Å². The van der Waals surface area contributed by atoms with Crippen molar-refractivity contribution in [1.82, 2.24) is 0 Å². The van der Waals surface area contributed by atoms with Gasteiger partial charge in [-0.3, -0.25) is 4.79 Å². The smallest absolute Gasteiger partial charge is 0.311 e. The molecule has 2 rings (SSSR count). The van der Waals surface area contributed by atoms with Crippen LogP contribution in [0, 0.1) is 6.92 Å². The Balaban J connectivity index is 2.69. The Morgan fingerprint density at radius 2 is 2.19 bits per heavy atom. The number of hydrogen-bond donors (Lipinski definition) is 2. The van der Waals surface area contributed by atoms with Crippen molar-refractivity contribution in [2.45, 2.75) is 13.3 Å². The van der Waals surface area contributed by atoms with E-state index in [0.29, 0.717) is 22.3 Å². The zero-order valence-electron chi connectivity index (χ0n) is 8.45. The number of hydrogen-bond acceptors (Lipinski definition) is 3. The maximum absolute atomic E-state index is 10.6. The number of fused-ring (bicyclic) bond motifs is 1. The monoisotopic (exact) mass is 240 g/mol. The molecule has 0 amide bonds. The van der Waals surface area contributed by atoms with Crippen molar-refractivity contribution < 1.29 is 19.4 Å². The first-order valence-electron chi connectivity index (χ1n) is 4.62. The van der Waals surface area contributed by atoms with Crippen molar-refractivity contribution in [3.8, 4) is 5.75 Å². The summed E-state index contributed by atoms with van der Waals surface area (Å²) in [5, 5.41) is 19.1. The highest BCUT2D eigenvalue weighted by Gasteiger charge is 2.17. The minimum absolute atomic E-state index is 0.0722. The number of phenols is 1. The molecule has 0 atom stereocenters. The van der Waals surface area contributed by atoms with Gasteiger partial charge in [-0.25, -0.2) is 0 Å². The predicted octanol–water partition coefficient (Wildman–Crippen LogP) is 2.73. The Morgan fingerprint density at radius 3 is 2.81 bits per heavy atom. The largest absolute Gasteiger partial charge is 0.506 e. The van der Waals surface area contributed by atoms with Gasteiger partial charge in [0.1, 0.15) is 23.5 Å². The van der Waals surface area contributed by atoms with Gasteiger partial charge in [-0.15, -0.1) is 0 Å². The first kappa shape index (κ1) is 10.8. The number of aromatic hydroxyl groups is 1. The van der Waals surface area contributed by atoms with Gasteiger partial charge < -0.3 is 14.6 Å². The van der Waals surface area contributed by atoms with E-state index >= 15 is 0 Å². The van der Waals surface area contributed by atoms with Gasteiger partial charge in [0, 0.05) is 5.56 Å². The lowest BCUT2D eigenvalue weighted by atomic mass is 10.1. The maximum atomic E-state index is 10.6. The Bertz CT molecular complexity index is 571. The number of halogens is 1. The minimum atomic E-state index is -0.979. The fraction of sp³-hybridized carbons (Fsp3) is 0.182. The topological polar surface area (TPSA) is 70.7 Å². The van der Waals surface area contributed by atoms with Crippen LogP contribution in [0.25, 0.3) is 11.0 Å². The van der Waals surface area contributed by atoms with E-state index in [1.165, 1.54) is 6.07 Å². The summed E-state index contributed by atoms with van der Waals surface area (Å²) in [7, 11) is 0. The van der Waals surface area contributed by atoms with E-state index in [1.54, 1.807) is 13.0 Å². The Labute approximate surface area is 96.1 Å². The second-order valence-electron chi connectivity index (χ2n) is 3.49. The Kier molecular flexibility index (Phi) is 2.52. The minimum Gasteiger partial charge on any atom is -0.506 e. The van der Waals surface area contributed by atoms with Crippen LogP contribution in [0.1, 0.15) is 11.3 Å². The number of benzene rings is 1. The van der Waals surface area contributed by atoms with Gasteiger partial charge in [0.15, 0.2) is 0 Å². The van der Waals surface area contributed by atoms with Crippen LogP contribution in [0.2, 0.25) is 5.02 Å². The molecule has 0 radical (unpaired) electrons. The molecule has 0 saturated carbocycles. The number of rotatable bonds is 2. The van der Waals surface area contributed by atoms with Crippen LogP contribution in [0.4, 0.5) is 0 Å². The third kappa shape index (κ3) is 1.61. The van der Waals surface area contributed by atoms with Crippen LogP contribution < -0.4 is 0 Å². The van der Waals surface area contributed by atoms with Gasteiger partial charge in [0.2, 0.25) is 0 Å². The lowest BCUT2D eigenvalue weighted by Gasteiger charge is -1.97. The first-order chi connectivity index (χ1) is 7.50. The second-order valence-corrected chi connectivity index (χ2v) is 3.90. The van der Waals surface area contributed by atoms with Gasteiger partial charge in [0.25, 0.3) is 0 Å². The van der Waals surface area contributed by atoms with E-state index in [4.69, 9.17) is 21.1 Å². The number of aliphatic carboxylic acids is 1. The lowest BCUT2D eigenvalue weighted by Crippen LogP contribution is -1.99. The van der Waals surface area contributed by atoms with Crippen molar-refractivity contribution in [2.75, 3.05) is 0 Å². The van der Waals surface area contributed by atoms with Crippen LogP contribution in [-0.2, 0) is 11.2 Å². The van der Waals surface area contributed by atoms with Crippen molar-refractivity contribution in [2.24, 2.45) is 0 Å². The van der Waals surface area contributed by atoms with E-state index in [-0.39, 0.29) is 17.2 Å². The first-order valence-corrected chi connectivity index (χ1v) is 4.99. The highest BCUT2D eigenvalue weighted by atomic mass is 35.5. The highest BCUT2D eigenvalue weighted by molar-refractivity contribution is 6.33. The Hall–Kier alpha value is -1.68. The molecule has 0 spiro atoms. The normalized spacial score (nSPS) is 10.9. The summed E-state index contributed by atoms with van der Waals surface area (Å²) in [6.07, 6.45) is -0.211. The zero-order chi connectivity index (χ0) is 11.9. The number of aryl methyl sites for hydroxylation is 1. The molecule has 0 saturated heterocycles. The summed E-state index contributed by atoms with van der Waals surface area (Å²) >= 11 is 5.77. The van der Waals surface area contributed by atoms with Crippen LogP contribution in [0.15, 0.2) is 16.5 Å². The average Bonchev–Trinajstić information content (AvgIpc) is 2.50. The molecule has 2 N–H and O–H groups in total. The third-order valence-electron chi connectivity index (χ3n) is 2.43. The fourth-order valence-corrected chi connectivity index (χ4v) is 1.81. The van der Waals surface area contributed by atoms with E-state index in [2.05, 4.69) is 0 Å². The molecule has 1 aromatic heterocycles. The molecule has 0 bridgehead atoms. The fourth-order valence-electron chi connectivity index (χ4n) is 1.65. The lowest BCUT2D eigenvalue weighted by molar-refractivity contribution is -0.136. The van der Waals surface area contributed by atoms with Gasteiger partial charge in [-0.2, -0.15) is 0 Å². The zero-order valence-corrected chi connectivity index (χ0v) is 9.21. The van der Waals surface area contributed by atoms with Crippen molar-refractivity contribution >= 4 is 28.5 Å². The molecule has 2 aromatic rings. The van der Waals surface area contributed by atoms with Gasteiger partial charge in [-0.05, 0) is 19.1 Å². The van der Waals surface area contributed by atoms with E-state index in [0.717, 1.165) is 0 Å². The molecule has 84 valence electrons. The number of furan rings is 1. The maximum Gasteiger partial charge on any atom is 0.311 e. The summed E-state index contributed by atoms with van der Waals surface area (Å²) in [6, 6.07) is 3.11. The van der Waals surface area contributed by atoms with Gasteiger partial charge in [0.05, 0.1) is 10.4 Å². The predicted molar refractivity (Wildman–Crippen MR) is 59.0 cm³/mol. The molecule has 0 unspecified atom stereocenters. The third-order valence-corrected chi connectivity index (χ3v) is 2.73. The molecule has 5 heteroatoms. The number of carbonyl (C=O) groups is 1. The number of carboxylic acid groups (broad SMARTS) is 1. The molecule has 0 aliphatic carbocycles. The molecule has 0 aliphatic heterocycles. The number of carboxylic acids is 1. The van der Waals surface area contributed by atoms with E-state index in [9.17, 15) is 9.90 Å². The van der Waals surface area contributed by atoms with Crippen LogP contribution >= 0.6 is 11.6 Å². The van der Waals surface area contributed by atoms with E-state index < -0.39 is 5.97 Å². The second kappa shape index (κ2) is 3.72. The standard InChI is InChI=1S/C11H9ClO4/c1-5-8(4-9(13)14)16-7-3-2-6(12)11(15)10(5)7/h2-3,15H,4H2,1H3,(H,13,14). The van der Waals surface area contributed by atoms with Crippen molar-refractivity contribution in [1.29, 1.82) is 0 Å². The SMILES string of the molecule is Cc1c(CC(=O)O)oc2ccc(Cl)c(O)c12. The highest BCUT2D eigenvalue weighted by Crippen LogP contribution is 2.37. The van der Waals surface area contributed by atoms with E-state index in [1.807, 2.05) is 0 Å².